The van der Waals surface area contributed by atoms with Crippen LogP contribution in [0.4, 0.5) is 4.79 Å². The van der Waals surface area contributed by atoms with Crippen LogP contribution in [-0.4, -0.2) is 31.2 Å². The molecule has 0 unspecified atom stereocenters. The number of ether oxygens (including phenoxy) is 2. The highest BCUT2D eigenvalue weighted by atomic mass is 16.6. The van der Waals surface area contributed by atoms with Crippen LogP contribution in [-0.2, 0) is 9.47 Å². The van der Waals surface area contributed by atoms with Crippen molar-refractivity contribution in [1.29, 1.82) is 0 Å². The van der Waals surface area contributed by atoms with Crippen molar-refractivity contribution in [1.82, 2.24) is 4.90 Å². The van der Waals surface area contributed by atoms with Gasteiger partial charge in [-0.3, -0.25) is 0 Å². The molecule has 0 aromatic rings. The van der Waals surface area contributed by atoms with E-state index in [1.165, 1.54) is 32.5 Å². The summed E-state index contributed by atoms with van der Waals surface area (Å²) in [6, 6.07) is 0. The summed E-state index contributed by atoms with van der Waals surface area (Å²) in [5.41, 5.74) is 0.596. The molecule has 84 valence electrons. The molecule has 2 fully saturated rings. The number of hydrogen-bond donors (Lipinski definition) is 0. The first-order valence-electron chi connectivity index (χ1n) is 5.39. The first kappa shape index (κ1) is 10.3. The molecule has 1 amide bonds. The third kappa shape index (κ3) is 2.43. The molecule has 0 aromatic heterocycles. The quantitative estimate of drug-likeness (QED) is 0.657. The molecule has 2 aliphatic rings. The second-order valence-electron chi connectivity index (χ2n) is 4.38. The molecule has 4 nitrogen and oxygen atoms in total. The minimum absolute atomic E-state index is 0.265. The summed E-state index contributed by atoms with van der Waals surface area (Å²) in [6.45, 7) is 1.67. The van der Waals surface area contributed by atoms with E-state index in [9.17, 15) is 4.79 Å². The Labute approximate surface area is 89.8 Å². The molecule has 1 aliphatic heterocycles. The molecular weight excluding hydrogens is 194 g/mol. The lowest BCUT2D eigenvalue weighted by Crippen LogP contribution is -2.38. The van der Waals surface area contributed by atoms with E-state index in [4.69, 9.17) is 4.74 Å². The molecule has 2 rings (SSSR count). The SMILES string of the molecule is COC=COC(=O)N1CCC2(CC1)CC2. The molecule has 0 radical (unpaired) electrons. The Hall–Kier alpha value is -1.19. The van der Waals surface area contributed by atoms with Crippen LogP contribution in [0, 0.1) is 5.41 Å². The van der Waals surface area contributed by atoms with Crippen LogP contribution in [0.2, 0.25) is 0 Å². The van der Waals surface area contributed by atoms with Crippen molar-refractivity contribution in [2.45, 2.75) is 25.7 Å². The maximum Gasteiger partial charge on any atom is 0.414 e. The molecule has 1 aliphatic carbocycles. The Morgan fingerprint density at radius 3 is 2.40 bits per heavy atom. The minimum Gasteiger partial charge on any atom is -0.501 e. The van der Waals surface area contributed by atoms with Crippen LogP contribution in [0.5, 0.6) is 0 Å². The molecule has 0 bridgehead atoms. The van der Waals surface area contributed by atoms with E-state index in [0.717, 1.165) is 25.9 Å². The molecule has 15 heavy (non-hydrogen) atoms. The lowest BCUT2D eigenvalue weighted by atomic mass is 9.94. The van der Waals surface area contributed by atoms with Gasteiger partial charge in [0.05, 0.1) is 7.11 Å². The van der Waals surface area contributed by atoms with E-state index in [0.29, 0.717) is 5.41 Å². The number of likely N-dealkylation sites (tertiary alicyclic amines) is 1. The number of carbonyl (C=O) groups is 1. The molecular formula is C11H17NO3. The Kier molecular flexibility index (Phi) is 2.84. The minimum atomic E-state index is -0.265. The van der Waals surface area contributed by atoms with E-state index in [-0.39, 0.29) is 6.09 Å². The van der Waals surface area contributed by atoms with Crippen molar-refractivity contribution in [3.05, 3.63) is 12.5 Å². The third-order valence-corrected chi connectivity index (χ3v) is 3.40. The molecule has 0 atom stereocenters. The van der Waals surface area contributed by atoms with Crippen LogP contribution in [0.3, 0.4) is 0 Å². The Balaban J connectivity index is 1.74. The molecule has 1 saturated heterocycles. The van der Waals surface area contributed by atoms with Crippen molar-refractivity contribution >= 4 is 6.09 Å². The second kappa shape index (κ2) is 4.13. The Bertz CT molecular complexity index is 261. The zero-order valence-electron chi connectivity index (χ0n) is 9.07. The van der Waals surface area contributed by atoms with Gasteiger partial charge in [0, 0.05) is 13.1 Å². The van der Waals surface area contributed by atoms with Crippen LogP contribution < -0.4 is 0 Å². The Morgan fingerprint density at radius 2 is 1.87 bits per heavy atom. The smallest absolute Gasteiger partial charge is 0.414 e. The summed E-state index contributed by atoms with van der Waals surface area (Å²) in [4.78, 5) is 13.3. The van der Waals surface area contributed by atoms with Gasteiger partial charge in [-0.2, -0.15) is 0 Å². The van der Waals surface area contributed by atoms with Crippen LogP contribution in [0.15, 0.2) is 12.5 Å². The standard InChI is InChI=1S/C11H17NO3/c1-14-8-9-15-10(13)12-6-4-11(2-3-11)5-7-12/h8-9H,2-7H2,1H3. The number of methoxy groups -OCH3 is 1. The number of amides is 1. The van der Waals surface area contributed by atoms with Gasteiger partial charge in [-0.15, -0.1) is 0 Å². The summed E-state index contributed by atoms with van der Waals surface area (Å²) in [5, 5.41) is 0. The summed E-state index contributed by atoms with van der Waals surface area (Å²) >= 11 is 0. The summed E-state index contributed by atoms with van der Waals surface area (Å²) < 4.78 is 9.54. The zero-order chi connectivity index (χ0) is 10.7. The van der Waals surface area contributed by atoms with Gasteiger partial charge in [0.1, 0.15) is 12.5 Å². The van der Waals surface area contributed by atoms with Crippen LogP contribution >= 0.6 is 0 Å². The average molecular weight is 211 g/mol. The van der Waals surface area contributed by atoms with Gasteiger partial charge in [-0.05, 0) is 31.1 Å². The normalized spacial score (nSPS) is 23.1. The third-order valence-electron chi connectivity index (χ3n) is 3.40. The monoisotopic (exact) mass is 211 g/mol. The van der Waals surface area contributed by atoms with Gasteiger partial charge >= 0.3 is 6.09 Å². The van der Waals surface area contributed by atoms with Crippen LogP contribution in [0.25, 0.3) is 0 Å². The molecule has 0 aromatic carbocycles. The summed E-state index contributed by atoms with van der Waals surface area (Å²) in [7, 11) is 1.52. The summed E-state index contributed by atoms with van der Waals surface area (Å²) in [6.07, 6.45) is 7.33. The topological polar surface area (TPSA) is 38.8 Å². The van der Waals surface area contributed by atoms with Crippen molar-refractivity contribution in [2.24, 2.45) is 5.41 Å². The van der Waals surface area contributed by atoms with Crippen molar-refractivity contribution < 1.29 is 14.3 Å². The molecule has 0 N–H and O–H groups in total. The fourth-order valence-electron chi connectivity index (χ4n) is 2.06. The van der Waals surface area contributed by atoms with Crippen molar-refractivity contribution in [3.8, 4) is 0 Å². The largest absolute Gasteiger partial charge is 0.501 e. The molecule has 4 heteroatoms. The van der Waals surface area contributed by atoms with Crippen LogP contribution in [0.1, 0.15) is 25.7 Å². The maximum atomic E-state index is 11.5. The number of piperidine rings is 1. The summed E-state index contributed by atoms with van der Waals surface area (Å²) in [5.74, 6) is 0. The van der Waals surface area contributed by atoms with Gasteiger partial charge in [0.2, 0.25) is 0 Å². The fraction of sp³-hybridized carbons (Fsp3) is 0.727. The number of hydrogen-bond acceptors (Lipinski definition) is 3. The first-order chi connectivity index (χ1) is 7.26. The van der Waals surface area contributed by atoms with E-state index < -0.39 is 0 Å². The lowest BCUT2D eigenvalue weighted by molar-refractivity contribution is 0.112. The highest BCUT2D eigenvalue weighted by Gasteiger charge is 2.45. The average Bonchev–Trinajstić information content (AvgIpc) is 2.99. The highest BCUT2D eigenvalue weighted by molar-refractivity contribution is 5.68. The predicted octanol–water partition coefficient (Wildman–Crippen LogP) is 2.12. The highest BCUT2D eigenvalue weighted by Crippen LogP contribution is 2.53. The Morgan fingerprint density at radius 1 is 1.20 bits per heavy atom. The zero-order valence-corrected chi connectivity index (χ0v) is 9.07. The van der Waals surface area contributed by atoms with Crippen molar-refractivity contribution in [2.75, 3.05) is 20.2 Å². The molecule has 1 saturated carbocycles. The van der Waals surface area contributed by atoms with Gasteiger partial charge in [0.15, 0.2) is 0 Å². The number of carbonyl (C=O) groups excluding carboxylic acids is 1. The van der Waals surface area contributed by atoms with E-state index in [2.05, 4.69) is 4.74 Å². The molecule has 1 heterocycles. The van der Waals surface area contributed by atoms with E-state index in [1.807, 2.05) is 0 Å². The van der Waals surface area contributed by atoms with E-state index >= 15 is 0 Å². The van der Waals surface area contributed by atoms with Gasteiger partial charge < -0.3 is 14.4 Å². The van der Waals surface area contributed by atoms with Gasteiger partial charge in [-0.1, -0.05) is 0 Å². The number of rotatable bonds is 2. The molecule has 1 spiro atoms. The second-order valence-corrected chi connectivity index (χ2v) is 4.38. The first-order valence-corrected chi connectivity index (χ1v) is 5.39. The maximum absolute atomic E-state index is 11.5. The van der Waals surface area contributed by atoms with Gasteiger partial charge in [0.25, 0.3) is 0 Å². The van der Waals surface area contributed by atoms with Crippen molar-refractivity contribution in [3.63, 3.8) is 0 Å². The lowest BCUT2D eigenvalue weighted by Gasteiger charge is -2.30. The predicted molar refractivity (Wildman–Crippen MR) is 55.1 cm³/mol. The van der Waals surface area contributed by atoms with E-state index in [1.54, 1.807) is 4.90 Å². The fourth-order valence-corrected chi connectivity index (χ4v) is 2.06. The number of nitrogens with zero attached hydrogens (tertiary/aromatic N) is 1. The van der Waals surface area contributed by atoms with Gasteiger partial charge in [-0.25, -0.2) is 4.79 Å².